The largest absolute Gasteiger partial charge is 0.496 e. The van der Waals surface area contributed by atoms with Crippen molar-refractivity contribution in [3.63, 3.8) is 0 Å². The zero-order valence-corrected chi connectivity index (χ0v) is 19.9. The third-order valence-electron chi connectivity index (χ3n) is 6.44. The second kappa shape index (κ2) is 9.61. The third kappa shape index (κ3) is 5.08. The fourth-order valence-electron chi connectivity index (χ4n) is 4.61. The predicted molar refractivity (Wildman–Crippen MR) is 123 cm³/mol. The number of hydrogen-bond donors (Lipinski definition) is 2. The Bertz CT molecular complexity index is 1330. The van der Waals surface area contributed by atoms with Gasteiger partial charge in [-0.1, -0.05) is 13.0 Å². The number of aryl methyl sites for hydroxylation is 1. The number of halogens is 4. The van der Waals surface area contributed by atoms with Gasteiger partial charge in [-0.05, 0) is 31.4 Å². The summed E-state index contributed by atoms with van der Waals surface area (Å²) >= 11 is 0. The molecule has 2 saturated heterocycles. The summed E-state index contributed by atoms with van der Waals surface area (Å²) in [5.41, 5.74) is 1.95. The number of hydrogen-bond acceptors (Lipinski definition) is 6. The van der Waals surface area contributed by atoms with Crippen molar-refractivity contribution in [2.75, 3.05) is 25.7 Å². The molecular weight excluding hydrogens is 500 g/mol. The van der Waals surface area contributed by atoms with Crippen molar-refractivity contribution in [3.8, 4) is 5.75 Å². The number of carbonyl (C=O) groups excluding carboxylic acids is 1. The Hall–Kier alpha value is -3.74. The SMILES string of the molecule is CCc1cccc(NC(=O)c2cn3cc(C45COC(CF)(C4)C5)nc3cc2OC)n1.O=C(O)C(F)(F)F. The number of ether oxygens (including phenoxy) is 2. The summed E-state index contributed by atoms with van der Waals surface area (Å²) in [5, 5.41) is 9.96. The number of carboxylic acids is 1. The molecule has 2 aliphatic heterocycles. The lowest BCUT2D eigenvalue weighted by atomic mass is 9.61. The summed E-state index contributed by atoms with van der Waals surface area (Å²) in [7, 11) is 1.52. The predicted octanol–water partition coefficient (Wildman–Crippen LogP) is 3.96. The zero-order chi connectivity index (χ0) is 27.0. The van der Waals surface area contributed by atoms with Gasteiger partial charge in [0.25, 0.3) is 5.91 Å². The monoisotopic (exact) mass is 524 g/mol. The van der Waals surface area contributed by atoms with E-state index in [-0.39, 0.29) is 11.3 Å². The average molecular weight is 524 g/mol. The Kier molecular flexibility index (Phi) is 6.84. The van der Waals surface area contributed by atoms with Crippen molar-refractivity contribution < 1.29 is 41.7 Å². The number of anilines is 1. The molecule has 1 amide bonds. The van der Waals surface area contributed by atoms with Crippen LogP contribution in [0.5, 0.6) is 5.75 Å². The number of nitrogens with one attached hydrogen (secondary N) is 1. The molecule has 0 aromatic carbocycles. The first kappa shape index (κ1) is 26.3. The van der Waals surface area contributed by atoms with E-state index in [1.165, 1.54) is 7.11 Å². The van der Waals surface area contributed by atoms with Gasteiger partial charge in [0.2, 0.25) is 0 Å². The molecule has 1 aliphatic carbocycles. The van der Waals surface area contributed by atoms with E-state index in [2.05, 4.69) is 10.3 Å². The quantitative estimate of drug-likeness (QED) is 0.469. The number of amides is 1. The van der Waals surface area contributed by atoms with Gasteiger partial charge < -0.3 is 24.3 Å². The second-order valence-electron chi connectivity index (χ2n) is 9.01. The summed E-state index contributed by atoms with van der Waals surface area (Å²) in [4.78, 5) is 31.0. The average Bonchev–Trinajstić information content (AvgIpc) is 3.54. The molecule has 0 atom stereocenters. The standard InChI is InChI=1S/C22H23FN4O3.C2HF3O2/c1-3-14-5-4-6-18(24-14)26-20(28)15-8-27-9-17(25-19(27)7-16(15)29-2)21-10-22(11-21,12-23)30-13-21;3-2(4,5)1(6)7/h4-9H,3,10-13H2,1-2H3,(H,24,26,28);(H,6,7). The van der Waals surface area contributed by atoms with Crippen molar-refractivity contribution in [1.29, 1.82) is 0 Å². The summed E-state index contributed by atoms with van der Waals surface area (Å²) in [6, 6.07) is 7.27. The molecule has 3 aromatic heterocycles. The molecule has 0 unspecified atom stereocenters. The van der Waals surface area contributed by atoms with Gasteiger partial charge in [-0.25, -0.2) is 19.2 Å². The minimum atomic E-state index is -5.08. The summed E-state index contributed by atoms with van der Waals surface area (Å²) in [5.74, 6) is -2.15. The first-order chi connectivity index (χ1) is 17.4. The maximum Gasteiger partial charge on any atom is 0.490 e. The molecule has 1 saturated carbocycles. The molecule has 13 heteroatoms. The number of imidazole rings is 1. The number of carbonyl (C=O) groups is 2. The normalized spacial score (nSPS) is 22.1. The van der Waals surface area contributed by atoms with Crippen LogP contribution in [0.15, 0.2) is 36.7 Å². The molecule has 2 bridgehead atoms. The Labute approximate surface area is 208 Å². The number of pyridine rings is 2. The molecule has 5 heterocycles. The van der Waals surface area contributed by atoms with Crippen LogP contribution >= 0.6 is 0 Å². The Balaban J connectivity index is 0.000000405. The highest BCUT2D eigenvalue weighted by molar-refractivity contribution is 6.05. The smallest absolute Gasteiger partial charge is 0.490 e. The number of fused-ring (bicyclic) bond motifs is 2. The number of alkyl halides is 4. The van der Waals surface area contributed by atoms with Crippen molar-refractivity contribution >= 4 is 23.3 Å². The van der Waals surface area contributed by atoms with Crippen LogP contribution in [0.4, 0.5) is 23.4 Å². The summed E-state index contributed by atoms with van der Waals surface area (Å²) in [6.07, 6.45) is 0.593. The molecule has 2 N–H and O–H groups in total. The van der Waals surface area contributed by atoms with Crippen LogP contribution in [-0.4, -0.2) is 63.5 Å². The highest BCUT2D eigenvalue weighted by atomic mass is 19.4. The van der Waals surface area contributed by atoms with E-state index in [1.807, 2.05) is 29.7 Å². The van der Waals surface area contributed by atoms with Gasteiger partial charge in [0.1, 0.15) is 23.9 Å². The van der Waals surface area contributed by atoms with Crippen molar-refractivity contribution in [2.24, 2.45) is 0 Å². The number of carboxylic acid groups (broad SMARTS) is 1. The number of aromatic nitrogens is 3. The fraction of sp³-hybridized carbons (Fsp3) is 0.417. The topological polar surface area (TPSA) is 115 Å². The maximum atomic E-state index is 13.3. The molecule has 3 fully saturated rings. The van der Waals surface area contributed by atoms with E-state index in [0.717, 1.165) is 17.8 Å². The highest BCUT2D eigenvalue weighted by Crippen LogP contribution is 2.58. The van der Waals surface area contributed by atoms with E-state index < -0.39 is 24.4 Å². The zero-order valence-electron chi connectivity index (χ0n) is 19.9. The first-order valence-corrected chi connectivity index (χ1v) is 11.3. The van der Waals surface area contributed by atoms with Crippen molar-refractivity contribution in [2.45, 2.75) is 43.4 Å². The Morgan fingerprint density at radius 1 is 1.24 bits per heavy atom. The molecule has 37 heavy (non-hydrogen) atoms. The van der Waals surface area contributed by atoms with Crippen LogP contribution in [0, 0.1) is 0 Å². The van der Waals surface area contributed by atoms with Crippen LogP contribution in [-0.2, 0) is 21.4 Å². The first-order valence-electron chi connectivity index (χ1n) is 11.3. The summed E-state index contributed by atoms with van der Waals surface area (Å²) < 4.78 is 57.9. The van der Waals surface area contributed by atoms with Gasteiger partial charge >= 0.3 is 12.1 Å². The molecule has 3 aromatic rings. The van der Waals surface area contributed by atoms with Crippen molar-refractivity contribution in [1.82, 2.24) is 14.4 Å². The highest BCUT2D eigenvalue weighted by Gasteiger charge is 2.64. The van der Waals surface area contributed by atoms with Gasteiger partial charge in [-0.2, -0.15) is 13.2 Å². The van der Waals surface area contributed by atoms with Gasteiger partial charge in [0.15, 0.2) is 0 Å². The van der Waals surface area contributed by atoms with Gasteiger partial charge in [-0.15, -0.1) is 0 Å². The molecule has 6 rings (SSSR count). The lowest BCUT2D eigenvalue weighted by Gasteiger charge is -2.41. The Morgan fingerprint density at radius 3 is 2.51 bits per heavy atom. The van der Waals surface area contributed by atoms with Crippen LogP contribution < -0.4 is 10.1 Å². The second-order valence-corrected chi connectivity index (χ2v) is 9.01. The molecule has 9 nitrogen and oxygen atoms in total. The van der Waals surface area contributed by atoms with Gasteiger partial charge in [0, 0.05) is 29.6 Å². The summed E-state index contributed by atoms with van der Waals surface area (Å²) in [6.45, 7) is 2.02. The van der Waals surface area contributed by atoms with Crippen LogP contribution in [0.2, 0.25) is 0 Å². The fourth-order valence-corrected chi connectivity index (χ4v) is 4.61. The van der Waals surface area contributed by atoms with Crippen LogP contribution in [0.1, 0.15) is 41.5 Å². The van der Waals surface area contributed by atoms with Gasteiger partial charge in [0.05, 0.1) is 30.6 Å². The molecule has 198 valence electrons. The van der Waals surface area contributed by atoms with E-state index in [4.69, 9.17) is 24.4 Å². The van der Waals surface area contributed by atoms with E-state index in [0.29, 0.717) is 42.2 Å². The number of methoxy groups -OCH3 is 1. The molecule has 3 aliphatic rings. The van der Waals surface area contributed by atoms with E-state index in [1.54, 1.807) is 18.3 Å². The third-order valence-corrected chi connectivity index (χ3v) is 6.44. The molecular formula is C24H24F4N4O5. The minimum absolute atomic E-state index is 0.238. The number of aliphatic carboxylic acids is 1. The van der Waals surface area contributed by atoms with Crippen molar-refractivity contribution in [3.05, 3.63) is 53.6 Å². The van der Waals surface area contributed by atoms with Crippen LogP contribution in [0.25, 0.3) is 5.65 Å². The Morgan fingerprint density at radius 2 is 1.95 bits per heavy atom. The lowest BCUT2D eigenvalue weighted by Crippen LogP contribution is -2.48. The van der Waals surface area contributed by atoms with E-state index >= 15 is 0 Å². The molecule has 0 radical (unpaired) electrons. The van der Waals surface area contributed by atoms with E-state index in [9.17, 15) is 22.4 Å². The molecule has 0 spiro atoms. The van der Waals surface area contributed by atoms with Gasteiger partial charge in [-0.3, -0.25) is 4.79 Å². The number of nitrogens with zero attached hydrogens (tertiary/aromatic N) is 3. The number of rotatable bonds is 6. The minimum Gasteiger partial charge on any atom is -0.496 e. The van der Waals surface area contributed by atoms with Crippen LogP contribution in [0.3, 0.4) is 0 Å². The maximum absolute atomic E-state index is 13.3. The lowest BCUT2D eigenvalue weighted by molar-refractivity contribution is -0.192.